The quantitative estimate of drug-likeness (QED) is 0.567. The number of nitrogens with zero attached hydrogens (tertiary/aromatic N) is 1. The van der Waals surface area contributed by atoms with Gasteiger partial charge in [-0.15, -0.1) is 0 Å². The van der Waals surface area contributed by atoms with E-state index in [0.29, 0.717) is 11.3 Å². The van der Waals surface area contributed by atoms with E-state index in [1.807, 2.05) is 6.92 Å². The fourth-order valence-electron chi connectivity index (χ4n) is 1.32. The molecule has 86 valence electrons. The van der Waals surface area contributed by atoms with Crippen LogP contribution >= 0.6 is 0 Å². The van der Waals surface area contributed by atoms with E-state index in [0.717, 1.165) is 31.9 Å². The van der Waals surface area contributed by atoms with Gasteiger partial charge < -0.3 is 15.8 Å². The van der Waals surface area contributed by atoms with Gasteiger partial charge in [0.05, 0.1) is 23.0 Å². The zero-order valence-corrected chi connectivity index (χ0v) is 9.49. The molecule has 0 aliphatic rings. The average Bonchev–Trinajstić information content (AvgIpc) is 2.31. The molecule has 0 radical (unpaired) electrons. The third-order valence-electron chi connectivity index (χ3n) is 2.17. The highest BCUT2D eigenvalue weighted by molar-refractivity contribution is 5.68. The second kappa shape index (κ2) is 6.70. The molecule has 0 atom stereocenters. The van der Waals surface area contributed by atoms with Gasteiger partial charge in [-0.1, -0.05) is 0 Å². The molecule has 3 N–H and O–H groups in total. The first-order valence-electron chi connectivity index (χ1n) is 5.39. The summed E-state index contributed by atoms with van der Waals surface area (Å²) in [6.07, 6.45) is 0.921. The van der Waals surface area contributed by atoms with Crippen LogP contribution in [-0.2, 0) is 4.74 Å². The second-order valence-corrected chi connectivity index (χ2v) is 3.39. The minimum absolute atomic E-state index is 0.613. The van der Waals surface area contributed by atoms with Crippen molar-refractivity contribution in [2.24, 2.45) is 0 Å². The van der Waals surface area contributed by atoms with Crippen LogP contribution < -0.4 is 11.1 Å². The summed E-state index contributed by atoms with van der Waals surface area (Å²) in [5, 5.41) is 11.9. The molecule has 0 aliphatic carbocycles. The fourth-order valence-corrected chi connectivity index (χ4v) is 1.32. The highest BCUT2D eigenvalue weighted by Crippen LogP contribution is 2.19. The van der Waals surface area contributed by atoms with Crippen LogP contribution in [0.15, 0.2) is 18.2 Å². The number of nitrogens with one attached hydrogen (secondary N) is 1. The molecule has 0 saturated heterocycles. The Morgan fingerprint density at radius 3 is 3.00 bits per heavy atom. The van der Waals surface area contributed by atoms with E-state index >= 15 is 0 Å². The largest absolute Gasteiger partial charge is 0.397 e. The molecule has 1 rings (SSSR count). The zero-order valence-electron chi connectivity index (χ0n) is 9.49. The molecular formula is C12H17N3O. The van der Waals surface area contributed by atoms with Crippen molar-refractivity contribution in [1.29, 1.82) is 5.26 Å². The number of hydrogen-bond acceptors (Lipinski definition) is 4. The summed E-state index contributed by atoms with van der Waals surface area (Å²) in [7, 11) is 0. The van der Waals surface area contributed by atoms with Crippen molar-refractivity contribution < 1.29 is 4.74 Å². The molecule has 0 bridgehead atoms. The molecule has 0 spiro atoms. The molecule has 0 saturated carbocycles. The Morgan fingerprint density at radius 2 is 2.31 bits per heavy atom. The summed E-state index contributed by atoms with van der Waals surface area (Å²) < 4.78 is 5.22. The van der Waals surface area contributed by atoms with Crippen LogP contribution in [0.25, 0.3) is 0 Å². The zero-order chi connectivity index (χ0) is 11.8. The first-order valence-corrected chi connectivity index (χ1v) is 5.39. The summed E-state index contributed by atoms with van der Waals surface area (Å²) >= 11 is 0. The standard InChI is InChI=1S/C12H17N3O/c1-2-16-7-3-6-15-12-8-10(9-13)4-5-11(12)14/h4-5,8,15H,2-3,6-7,14H2,1H3. The Morgan fingerprint density at radius 1 is 1.50 bits per heavy atom. The number of nitriles is 1. The van der Waals surface area contributed by atoms with Crippen molar-refractivity contribution in [3.63, 3.8) is 0 Å². The fraction of sp³-hybridized carbons (Fsp3) is 0.417. The van der Waals surface area contributed by atoms with E-state index in [1.54, 1.807) is 18.2 Å². The lowest BCUT2D eigenvalue weighted by molar-refractivity contribution is 0.147. The maximum absolute atomic E-state index is 8.76. The predicted octanol–water partition coefficient (Wildman–Crippen LogP) is 1.98. The molecule has 16 heavy (non-hydrogen) atoms. The van der Waals surface area contributed by atoms with Crippen molar-refractivity contribution in [1.82, 2.24) is 0 Å². The first kappa shape index (κ1) is 12.3. The van der Waals surface area contributed by atoms with Crippen LogP contribution in [0.4, 0.5) is 11.4 Å². The Kier molecular flexibility index (Phi) is 5.17. The van der Waals surface area contributed by atoms with Crippen LogP contribution in [0, 0.1) is 11.3 Å². The number of hydrogen-bond donors (Lipinski definition) is 2. The van der Waals surface area contributed by atoms with Gasteiger partial charge in [0.25, 0.3) is 0 Å². The van der Waals surface area contributed by atoms with Crippen molar-refractivity contribution >= 4 is 11.4 Å². The first-order chi connectivity index (χ1) is 7.77. The molecule has 4 nitrogen and oxygen atoms in total. The van der Waals surface area contributed by atoms with Gasteiger partial charge in [0.15, 0.2) is 0 Å². The van der Waals surface area contributed by atoms with Gasteiger partial charge >= 0.3 is 0 Å². The molecule has 0 aliphatic heterocycles. The molecule has 0 heterocycles. The van der Waals surface area contributed by atoms with Crippen molar-refractivity contribution in [2.45, 2.75) is 13.3 Å². The highest BCUT2D eigenvalue weighted by Gasteiger charge is 1.99. The van der Waals surface area contributed by atoms with E-state index in [-0.39, 0.29) is 0 Å². The van der Waals surface area contributed by atoms with Gasteiger partial charge in [0.2, 0.25) is 0 Å². The minimum Gasteiger partial charge on any atom is -0.397 e. The summed E-state index contributed by atoms with van der Waals surface area (Å²) in [4.78, 5) is 0. The van der Waals surface area contributed by atoms with Gasteiger partial charge in [-0.05, 0) is 31.5 Å². The lowest BCUT2D eigenvalue weighted by Gasteiger charge is -2.09. The molecule has 0 fully saturated rings. The smallest absolute Gasteiger partial charge is 0.0992 e. The van der Waals surface area contributed by atoms with Crippen LogP contribution in [0.5, 0.6) is 0 Å². The number of ether oxygens (including phenoxy) is 1. The normalized spacial score (nSPS) is 9.75. The SMILES string of the molecule is CCOCCCNc1cc(C#N)ccc1N. The number of nitrogen functional groups attached to an aromatic ring is 1. The Bertz CT molecular complexity index is 371. The maximum Gasteiger partial charge on any atom is 0.0992 e. The lowest BCUT2D eigenvalue weighted by Crippen LogP contribution is -2.07. The van der Waals surface area contributed by atoms with Gasteiger partial charge in [0.1, 0.15) is 0 Å². The van der Waals surface area contributed by atoms with Crippen LogP contribution in [0.1, 0.15) is 18.9 Å². The predicted molar refractivity (Wildman–Crippen MR) is 65.2 cm³/mol. The highest BCUT2D eigenvalue weighted by atomic mass is 16.5. The van der Waals surface area contributed by atoms with Crippen molar-refractivity contribution in [3.8, 4) is 6.07 Å². The van der Waals surface area contributed by atoms with Gasteiger partial charge in [-0.25, -0.2) is 0 Å². The number of rotatable bonds is 6. The third kappa shape index (κ3) is 3.79. The molecule has 4 heteroatoms. The summed E-state index contributed by atoms with van der Waals surface area (Å²) in [6, 6.07) is 7.29. The number of nitrogens with two attached hydrogens (primary N) is 1. The maximum atomic E-state index is 8.76. The minimum atomic E-state index is 0.613. The summed E-state index contributed by atoms with van der Waals surface area (Å²) in [5.74, 6) is 0. The average molecular weight is 219 g/mol. The Labute approximate surface area is 96.0 Å². The van der Waals surface area contributed by atoms with Gasteiger partial charge in [0, 0.05) is 19.8 Å². The van der Waals surface area contributed by atoms with Crippen LogP contribution in [-0.4, -0.2) is 19.8 Å². The van der Waals surface area contributed by atoms with E-state index in [2.05, 4.69) is 11.4 Å². The van der Waals surface area contributed by atoms with Crippen LogP contribution in [0.2, 0.25) is 0 Å². The van der Waals surface area contributed by atoms with Gasteiger partial charge in [-0.3, -0.25) is 0 Å². The lowest BCUT2D eigenvalue weighted by atomic mass is 10.2. The van der Waals surface area contributed by atoms with E-state index < -0.39 is 0 Å². The van der Waals surface area contributed by atoms with Crippen molar-refractivity contribution in [3.05, 3.63) is 23.8 Å². The third-order valence-corrected chi connectivity index (χ3v) is 2.17. The molecule has 1 aromatic rings. The summed E-state index contributed by atoms with van der Waals surface area (Å²) in [6.45, 7) is 4.24. The Hall–Kier alpha value is -1.73. The molecule has 0 unspecified atom stereocenters. The van der Waals surface area contributed by atoms with E-state index in [9.17, 15) is 0 Å². The number of benzene rings is 1. The number of anilines is 2. The molecule has 1 aromatic carbocycles. The van der Waals surface area contributed by atoms with E-state index in [1.165, 1.54) is 0 Å². The topological polar surface area (TPSA) is 71.1 Å². The molecule has 0 amide bonds. The van der Waals surface area contributed by atoms with Crippen molar-refractivity contribution in [2.75, 3.05) is 30.8 Å². The second-order valence-electron chi connectivity index (χ2n) is 3.39. The van der Waals surface area contributed by atoms with Crippen LogP contribution in [0.3, 0.4) is 0 Å². The van der Waals surface area contributed by atoms with Gasteiger partial charge in [-0.2, -0.15) is 5.26 Å². The Balaban J connectivity index is 2.44. The molecular weight excluding hydrogens is 202 g/mol. The van der Waals surface area contributed by atoms with E-state index in [4.69, 9.17) is 15.7 Å². The molecule has 0 aromatic heterocycles. The monoisotopic (exact) mass is 219 g/mol. The summed E-state index contributed by atoms with van der Waals surface area (Å²) in [5.41, 5.74) is 7.87.